The Morgan fingerprint density at radius 2 is 2.11 bits per heavy atom. The van der Waals surface area contributed by atoms with Gasteiger partial charge in [-0.05, 0) is 42.9 Å². The van der Waals surface area contributed by atoms with Crippen LogP contribution in [-0.4, -0.2) is 29.3 Å². The standard InChI is InChI=1S/C14H20N2O3/c15-13-5-4-11(18)6-12(13)14(19)16-7-9-2-1-3-10(9)8-17/h4-6,9-10,17-18H,1-3,7-8,15H2,(H,16,19). The second-order valence-corrected chi connectivity index (χ2v) is 5.12. The predicted octanol–water partition coefficient (Wildman–Crippen LogP) is 1.11. The molecule has 0 spiro atoms. The van der Waals surface area contributed by atoms with Gasteiger partial charge in [0.15, 0.2) is 0 Å². The van der Waals surface area contributed by atoms with Crippen LogP contribution in [0.2, 0.25) is 0 Å². The van der Waals surface area contributed by atoms with E-state index in [0.717, 1.165) is 19.3 Å². The Kier molecular flexibility index (Phi) is 4.27. The molecule has 1 aromatic carbocycles. The zero-order chi connectivity index (χ0) is 13.8. The summed E-state index contributed by atoms with van der Waals surface area (Å²) in [4.78, 5) is 12.0. The summed E-state index contributed by atoms with van der Waals surface area (Å²) in [5.74, 6) is 0.347. The Bertz CT molecular complexity index is 462. The zero-order valence-corrected chi connectivity index (χ0v) is 10.8. The van der Waals surface area contributed by atoms with Gasteiger partial charge in [-0.15, -0.1) is 0 Å². The quantitative estimate of drug-likeness (QED) is 0.484. The molecule has 1 fully saturated rings. The maximum atomic E-state index is 12.0. The summed E-state index contributed by atoms with van der Waals surface area (Å²) in [6.45, 7) is 0.716. The molecule has 2 atom stereocenters. The largest absolute Gasteiger partial charge is 0.508 e. The molecule has 0 bridgehead atoms. The van der Waals surface area contributed by atoms with Gasteiger partial charge in [0.25, 0.3) is 5.91 Å². The van der Waals surface area contributed by atoms with Crippen molar-refractivity contribution in [2.75, 3.05) is 18.9 Å². The van der Waals surface area contributed by atoms with E-state index in [9.17, 15) is 15.0 Å². The number of aromatic hydroxyl groups is 1. The SMILES string of the molecule is Nc1ccc(O)cc1C(=O)NCC1CCCC1CO. The summed E-state index contributed by atoms with van der Waals surface area (Å²) in [6, 6.07) is 4.32. The molecule has 5 heteroatoms. The summed E-state index contributed by atoms with van der Waals surface area (Å²) < 4.78 is 0. The third kappa shape index (κ3) is 3.17. The van der Waals surface area contributed by atoms with Gasteiger partial charge in [0.2, 0.25) is 0 Å². The molecule has 19 heavy (non-hydrogen) atoms. The first kappa shape index (κ1) is 13.7. The number of aliphatic hydroxyl groups is 1. The highest BCUT2D eigenvalue weighted by atomic mass is 16.3. The summed E-state index contributed by atoms with van der Waals surface area (Å²) in [7, 11) is 0. The Hall–Kier alpha value is -1.75. The Balaban J connectivity index is 1.96. The Morgan fingerprint density at radius 3 is 2.84 bits per heavy atom. The van der Waals surface area contributed by atoms with E-state index in [2.05, 4.69) is 5.32 Å². The second-order valence-electron chi connectivity index (χ2n) is 5.12. The van der Waals surface area contributed by atoms with Gasteiger partial charge in [-0.2, -0.15) is 0 Å². The van der Waals surface area contributed by atoms with Crippen molar-refractivity contribution in [3.63, 3.8) is 0 Å². The van der Waals surface area contributed by atoms with Gasteiger partial charge < -0.3 is 21.3 Å². The number of nitrogen functional groups attached to an aromatic ring is 1. The number of phenols is 1. The fraction of sp³-hybridized carbons (Fsp3) is 0.500. The van der Waals surface area contributed by atoms with Crippen molar-refractivity contribution in [3.8, 4) is 5.75 Å². The van der Waals surface area contributed by atoms with Gasteiger partial charge in [-0.1, -0.05) is 6.42 Å². The van der Waals surface area contributed by atoms with Crippen molar-refractivity contribution in [2.24, 2.45) is 11.8 Å². The third-order valence-corrected chi connectivity index (χ3v) is 3.86. The van der Waals surface area contributed by atoms with Crippen LogP contribution >= 0.6 is 0 Å². The molecule has 1 saturated carbocycles. The third-order valence-electron chi connectivity index (χ3n) is 3.86. The van der Waals surface area contributed by atoms with Crippen LogP contribution in [0.15, 0.2) is 18.2 Å². The van der Waals surface area contributed by atoms with E-state index >= 15 is 0 Å². The van der Waals surface area contributed by atoms with Crippen molar-refractivity contribution < 1.29 is 15.0 Å². The Morgan fingerprint density at radius 1 is 1.37 bits per heavy atom. The van der Waals surface area contributed by atoms with Crippen LogP contribution in [0, 0.1) is 11.8 Å². The van der Waals surface area contributed by atoms with Crippen LogP contribution < -0.4 is 11.1 Å². The van der Waals surface area contributed by atoms with E-state index in [1.807, 2.05) is 0 Å². The monoisotopic (exact) mass is 264 g/mol. The van der Waals surface area contributed by atoms with Crippen molar-refractivity contribution in [1.82, 2.24) is 5.32 Å². The maximum absolute atomic E-state index is 12.0. The number of benzene rings is 1. The molecule has 0 aromatic heterocycles. The molecule has 2 unspecified atom stereocenters. The lowest BCUT2D eigenvalue weighted by molar-refractivity contribution is 0.0938. The van der Waals surface area contributed by atoms with E-state index in [1.54, 1.807) is 0 Å². The minimum absolute atomic E-state index is 0.0217. The molecule has 1 amide bonds. The average molecular weight is 264 g/mol. The van der Waals surface area contributed by atoms with Crippen LogP contribution in [0.5, 0.6) is 5.75 Å². The summed E-state index contributed by atoms with van der Waals surface area (Å²) in [6.07, 6.45) is 3.15. The number of hydrogen-bond acceptors (Lipinski definition) is 4. The molecule has 104 valence electrons. The molecule has 2 rings (SSSR count). The lowest BCUT2D eigenvalue weighted by atomic mass is 9.97. The first-order chi connectivity index (χ1) is 9.11. The topological polar surface area (TPSA) is 95.6 Å². The van der Waals surface area contributed by atoms with Crippen molar-refractivity contribution in [1.29, 1.82) is 0 Å². The van der Waals surface area contributed by atoms with Crippen LogP contribution in [0.3, 0.4) is 0 Å². The molecule has 0 saturated heterocycles. The maximum Gasteiger partial charge on any atom is 0.253 e. The van der Waals surface area contributed by atoms with Crippen molar-refractivity contribution in [3.05, 3.63) is 23.8 Å². The van der Waals surface area contributed by atoms with Crippen LogP contribution in [0.1, 0.15) is 29.6 Å². The number of carbonyl (C=O) groups is 1. The zero-order valence-electron chi connectivity index (χ0n) is 10.8. The van der Waals surface area contributed by atoms with Gasteiger partial charge in [-0.3, -0.25) is 4.79 Å². The van der Waals surface area contributed by atoms with Crippen LogP contribution in [0.4, 0.5) is 5.69 Å². The van der Waals surface area contributed by atoms with E-state index in [0.29, 0.717) is 23.7 Å². The lowest BCUT2D eigenvalue weighted by Crippen LogP contribution is -2.32. The number of rotatable bonds is 4. The average Bonchev–Trinajstić information content (AvgIpc) is 2.86. The number of amides is 1. The molecular formula is C14H20N2O3. The van der Waals surface area contributed by atoms with Crippen LogP contribution in [0.25, 0.3) is 0 Å². The lowest BCUT2D eigenvalue weighted by Gasteiger charge is -2.18. The normalized spacial score (nSPS) is 22.4. The van der Waals surface area contributed by atoms with Crippen molar-refractivity contribution in [2.45, 2.75) is 19.3 Å². The molecule has 0 heterocycles. The second kappa shape index (κ2) is 5.93. The molecule has 1 aliphatic rings. The number of anilines is 1. The van der Waals surface area contributed by atoms with E-state index in [1.165, 1.54) is 18.2 Å². The fourth-order valence-electron chi connectivity index (χ4n) is 2.68. The number of hydrogen-bond donors (Lipinski definition) is 4. The van der Waals surface area contributed by atoms with Gasteiger partial charge in [0.05, 0.1) is 5.56 Å². The highest BCUT2D eigenvalue weighted by Crippen LogP contribution is 2.30. The fourth-order valence-corrected chi connectivity index (χ4v) is 2.68. The molecular weight excluding hydrogens is 244 g/mol. The van der Waals surface area contributed by atoms with Crippen LogP contribution in [-0.2, 0) is 0 Å². The Labute approximate surface area is 112 Å². The molecule has 0 radical (unpaired) electrons. The summed E-state index contributed by atoms with van der Waals surface area (Å²) >= 11 is 0. The number of phenolic OH excluding ortho intramolecular Hbond substituents is 1. The van der Waals surface area contributed by atoms with Gasteiger partial charge >= 0.3 is 0 Å². The molecule has 5 N–H and O–H groups in total. The van der Waals surface area contributed by atoms with E-state index in [4.69, 9.17) is 5.73 Å². The number of carbonyl (C=O) groups excluding carboxylic acids is 1. The smallest absolute Gasteiger partial charge is 0.253 e. The first-order valence-corrected chi connectivity index (χ1v) is 6.59. The summed E-state index contributed by atoms with van der Waals surface area (Å²) in [5.41, 5.74) is 6.35. The van der Waals surface area contributed by atoms with E-state index < -0.39 is 0 Å². The highest BCUT2D eigenvalue weighted by molar-refractivity contribution is 5.99. The minimum Gasteiger partial charge on any atom is -0.508 e. The number of nitrogens with one attached hydrogen (secondary N) is 1. The van der Waals surface area contributed by atoms with Gasteiger partial charge in [-0.25, -0.2) is 0 Å². The number of nitrogens with two attached hydrogens (primary N) is 1. The molecule has 5 nitrogen and oxygen atoms in total. The highest BCUT2D eigenvalue weighted by Gasteiger charge is 2.27. The van der Waals surface area contributed by atoms with Gasteiger partial charge in [0.1, 0.15) is 5.75 Å². The van der Waals surface area contributed by atoms with Crippen molar-refractivity contribution >= 4 is 11.6 Å². The summed E-state index contributed by atoms with van der Waals surface area (Å²) in [5, 5.41) is 21.4. The van der Waals surface area contributed by atoms with E-state index in [-0.39, 0.29) is 24.2 Å². The molecule has 1 aliphatic carbocycles. The number of aliphatic hydroxyl groups excluding tert-OH is 1. The minimum atomic E-state index is -0.281. The molecule has 0 aliphatic heterocycles. The van der Waals surface area contributed by atoms with Gasteiger partial charge in [0, 0.05) is 18.8 Å². The predicted molar refractivity (Wildman–Crippen MR) is 72.8 cm³/mol. The molecule has 1 aromatic rings. The first-order valence-electron chi connectivity index (χ1n) is 6.59.